The molecule has 0 aliphatic rings. The highest BCUT2D eigenvalue weighted by molar-refractivity contribution is 6.17. The van der Waals surface area contributed by atoms with Gasteiger partial charge in [-0.15, -0.1) is 11.6 Å². The van der Waals surface area contributed by atoms with Crippen LogP contribution in [0.4, 0.5) is 8.78 Å². The van der Waals surface area contributed by atoms with E-state index in [1.165, 1.54) is 13.0 Å². The Balaban J connectivity index is 2.99. The first-order valence-corrected chi connectivity index (χ1v) is 5.38. The highest BCUT2D eigenvalue weighted by Gasteiger charge is 2.22. The van der Waals surface area contributed by atoms with E-state index < -0.39 is 23.8 Å². The van der Waals surface area contributed by atoms with Crippen molar-refractivity contribution in [3.05, 3.63) is 34.9 Å². The third-order valence-corrected chi connectivity index (χ3v) is 2.58. The van der Waals surface area contributed by atoms with Crippen LogP contribution < -0.4 is 0 Å². The van der Waals surface area contributed by atoms with Gasteiger partial charge in [0.2, 0.25) is 0 Å². The van der Waals surface area contributed by atoms with Crippen LogP contribution in [-0.2, 0) is 0 Å². The summed E-state index contributed by atoms with van der Waals surface area (Å²) < 4.78 is 26.3. The number of aliphatic hydroxyl groups is 2. The van der Waals surface area contributed by atoms with Gasteiger partial charge in [-0.3, -0.25) is 0 Å². The fourth-order valence-electron chi connectivity index (χ4n) is 1.38. The number of alkyl halides is 1. The third kappa shape index (κ3) is 2.90. The molecule has 1 rings (SSSR count). The van der Waals surface area contributed by atoms with Crippen molar-refractivity contribution in [2.45, 2.75) is 25.6 Å². The number of aliphatic hydroxyl groups excluding tert-OH is 2. The summed E-state index contributed by atoms with van der Waals surface area (Å²) in [4.78, 5) is 0. The number of halogens is 3. The molecule has 0 amide bonds. The minimum absolute atomic E-state index is 0.114. The van der Waals surface area contributed by atoms with Crippen LogP contribution in [0.5, 0.6) is 0 Å². The lowest BCUT2D eigenvalue weighted by molar-refractivity contribution is 0.0148. The second kappa shape index (κ2) is 5.57. The molecule has 1 aromatic rings. The van der Waals surface area contributed by atoms with Crippen LogP contribution in [0, 0.1) is 18.6 Å². The van der Waals surface area contributed by atoms with Gasteiger partial charge in [0.25, 0.3) is 0 Å². The van der Waals surface area contributed by atoms with Gasteiger partial charge < -0.3 is 10.2 Å². The summed E-state index contributed by atoms with van der Waals surface area (Å²) in [6, 6.07) is 1.88. The second-order valence-corrected chi connectivity index (χ2v) is 3.99. The van der Waals surface area contributed by atoms with Crippen molar-refractivity contribution in [1.82, 2.24) is 0 Å². The van der Waals surface area contributed by atoms with Crippen molar-refractivity contribution >= 4 is 11.6 Å². The molecule has 2 unspecified atom stereocenters. The van der Waals surface area contributed by atoms with E-state index in [-0.39, 0.29) is 23.4 Å². The molecular formula is C11H13ClF2O2. The van der Waals surface area contributed by atoms with Crippen molar-refractivity contribution in [3.8, 4) is 0 Å². The van der Waals surface area contributed by atoms with Crippen LogP contribution in [0.3, 0.4) is 0 Å². The molecule has 0 heterocycles. The lowest BCUT2D eigenvalue weighted by atomic mass is 10.00. The molecule has 0 aliphatic heterocycles. The smallest absolute Gasteiger partial charge is 0.132 e. The molecule has 0 saturated carbocycles. The van der Waals surface area contributed by atoms with Gasteiger partial charge >= 0.3 is 0 Å². The number of benzene rings is 1. The minimum atomic E-state index is -1.39. The average Bonchev–Trinajstić information content (AvgIpc) is 2.23. The van der Waals surface area contributed by atoms with Crippen molar-refractivity contribution in [2.75, 3.05) is 5.88 Å². The minimum Gasteiger partial charge on any atom is -0.390 e. The zero-order chi connectivity index (χ0) is 12.3. The first-order chi connectivity index (χ1) is 7.47. The lowest BCUT2D eigenvalue weighted by Gasteiger charge is -2.18. The Bertz CT molecular complexity index is 371. The molecule has 90 valence electrons. The van der Waals surface area contributed by atoms with Crippen LogP contribution in [0.2, 0.25) is 0 Å². The van der Waals surface area contributed by atoms with Gasteiger partial charge in [-0.05, 0) is 25.0 Å². The number of rotatable bonds is 4. The fraction of sp³-hybridized carbons (Fsp3) is 0.455. The predicted octanol–water partition coefficient (Wildman–Crippen LogP) is 2.30. The van der Waals surface area contributed by atoms with Crippen molar-refractivity contribution in [2.24, 2.45) is 0 Å². The Labute approximate surface area is 97.5 Å². The monoisotopic (exact) mass is 250 g/mol. The number of hydrogen-bond acceptors (Lipinski definition) is 2. The van der Waals surface area contributed by atoms with E-state index in [2.05, 4.69) is 0 Å². The summed E-state index contributed by atoms with van der Waals surface area (Å²) >= 11 is 5.40. The highest BCUT2D eigenvalue weighted by atomic mass is 35.5. The van der Waals surface area contributed by atoms with Gasteiger partial charge in [0.15, 0.2) is 0 Å². The van der Waals surface area contributed by atoms with E-state index in [9.17, 15) is 19.0 Å². The lowest BCUT2D eigenvalue weighted by Crippen LogP contribution is -2.20. The Morgan fingerprint density at radius 3 is 2.44 bits per heavy atom. The van der Waals surface area contributed by atoms with Gasteiger partial charge in [0, 0.05) is 17.5 Å². The van der Waals surface area contributed by atoms with Crippen LogP contribution in [0.1, 0.15) is 23.7 Å². The molecule has 0 saturated heterocycles. The summed E-state index contributed by atoms with van der Waals surface area (Å²) in [7, 11) is 0. The van der Waals surface area contributed by atoms with E-state index in [1.807, 2.05) is 0 Å². The zero-order valence-corrected chi connectivity index (χ0v) is 9.51. The van der Waals surface area contributed by atoms with Crippen molar-refractivity contribution in [3.63, 3.8) is 0 Å². The fourth-order valence-corrected chi connectivity index (χ4v) is 1.61. The van der Waals surface area contributed by atoms with E-state index in [1.54, 1.807) is 0 Å². The molecule has 0 spiro atoms. The molecule has 5 heteroatoms. The third-order valence-electron chi connectivity index (χ3n) is 2.37. The summed E-state index contributed by atoms with van der Waals surface area (Å²) in [5.41, 5.74) is 0.102. The molecule has 2 N–H and O–H groups in total. The SMILES string of the molecule is Cc1cc(C(O)C(O)CCCl)c(F)cc1F. The van der Waals surface area contributed by atoms with Crippen LogP contribution >= 0.6 is 11.6 Å². The predicted molar refractivity (Wildman–Crippen MR) is 57.4 cm³/mol. The molecule has 2 nitrogen and oxygen atoms in total. The van der Waals surface area contributed by atoms with Crippen molar-refractivity contribution < 1.29 is 19.0 Å². The summed E-state index contributed by atoms with van der Waals surface area (Å²) in [5.74, 6) is -1.40. The van der Waals surface area contributed by atoms with E-state index in [0.717, 1.165) is 0 Å². The van der Waals surface area contributed by atoms with E-state index in [0.29, 0.717) is 6.07 Å². The molecule has 0 aromatic heterocycles. The normalized spacial score (nSPS) is 14.9. The Kier molecular flexibility index (Phi) is 4.65. The molecule has 0 aliphatic carbocycles. The topological polar surface area (TPSA) is 40.5 Å². The second-order valence-electron chi connectivity index (χ2n) is 3.61. The average molecular weight is 251 g/mol. The standard InChI is InChI=1S/C11H13ClF2O2/c1-6-4-7(9(14)5-8(6)13)11(16)10(15)2-3-12/h4-5,10-11,15-16H,2-3H2,1H3. The zero-order valence-electron chi connectivity index (χ0n) is 8.75. The molecule has 1 aromatic carbocycles. The van der Waals surface area contributed by atoms with Gasteiger partial charge in [-0.2, -0.15) is 0 Å². The molecular weight excluding hydrogens is 238 g/mol. The van der Waals surface area contributed by atoms with Gasteiger partial charge in [0.05, 0.1) is 6.10 Å². The molecule has 0 radical (unpaired) electrons. The Morgan fingerprint density at radius 1 is 1.25 bits per heavy atom. The summed E-state index contributed by atoms with van der Waals surface area (Å²) in [6.45, 7) is 1.46. The van der Waals surface area contributed by atoms with Crippen LogP contribution in [0.15, 0.2) is 12.1 Å². The first-order valence-electron chi connectivity index (χ1n) is 4.85. The van der Waals surface area contributed by atoms with Crippen molar-refractivity contribution in [1.29, 1.82) is 0 Å². The molecule has 16 heavy (non-hydrogen) atoms. The maximum absolute atomic E-state index is 13.3. The largest absolute Gasteiger partial charge is 0.390 e. The molecule has 2 atom stereocenters. The quantitative estimate of drug-likeness (QED) is 0.805. The number of aryl methyl sites for hydroxylation is 1. The summed E-state index contributed by atoms with van der Waals surface area (Å²) in [6.07, 6.45) is -2.41. The number of hydrogen-bond donors (Lipinski definition) is 2. The highest BCUT2D eigenvalue weighted by Crippen LogP contribution is 2.24. The van der Waals surface area contributed by atoms with E-state index in [4.69, 9.17) is 11.6 Å². The van der Waals surface area contributed by atoms with E-state index >= 15 is 0 Å². The summed E-state index contributed by atoms with van der Waals surface area (Å²) in [5, 5.41) is 19.1. The maximum Gasteiger partial charge on any atom is 0.132 e. The van der Waals surface area contributed by atoms with Gasteiger partial charge in [-0.25, -0.2) is 8.78 Å². The first kappa shape index (κ1) is 13.4. The van der Waals surface area contributed by atoms with Gasteiger partial charge in [0.1, 0.15) is 17.7 Å². The van der Waals surface area contributed by atoms with Crippen LogP contribution in [0.25, 0.3) is 0 Å². The maximum atomic E-state index is 13.3. The molecule has 0 fully saturated rings. The Morgan fingerprint density at radius 2 is 1.88 bits per heavy atom. The van der Waals surface area contributed by atoms with Gasteiger partial charge in [-0.1, -0.05) is 0 Å². The molecule has 0 bridgehead atoms. The van der Waals surface area contributed by atoms with Crippen LogP contribution in [-0.4, -0.2) is 22.2 Å². The Hall–Kier alpha value is -0.710.